The summed E-state index contributed by atoms with van der Waals surface area (Å²) in [7, 11) is 0. The molecule has 0 aromatic heterocycles. The van der Waals surface area contributed by atoms with Gasteiger partial charge in [-0.3, -0.25) is 0 Å². The van der Waals surface area contributed by atoms with E-state index in [0.717, 1.165) is 0 Å². The molecule has 1 aliphatic heterocycles. The van der Waals surface area contributed by atoms with Crippen LogP contribution < -0.4 is 0 Å². The minimum Gasteiger partial charge on any atom is -0.200 e. The lowest BCUT2D eigenvalue weighted by Gasteiger charge is -1.95. The van der Waals surface area contributed by atoms with E-state index in [9.17, 15) is 22.5 Å². The second kappa shape index (κ2) is 2.56. The average Bonchev–Trinajstić information content (AvgIpc) is 2.54. The molecule has 72 valence electrons. The first-order chi connectivity index (χ1) is 6.54. The molecule has 0 bridgehead atoms. The Bertz CT molecular complexity index is 485. The standard InChI is InChI=1S/C6F4N3O/c7-1-2(8)4(10)6-5(3(1)9)11-12-13(6)14/q+1. The minimum atomic E-state index is -2.06. The van der Waals surface area contributed by atoms with E-state index in [4.69, 9.17) is 0 Å². The van der Waals surface area contributed by atoms with Crippen molar-refractivity contribution in [3.05, 3.63) is 28.2 Å². The molecule has 2 rings (SSSR count). The third-order valence-corrected chi connectivity index (χ3v) is 1.64. The van der Waals surface area contributed by atoms with Gasteiger partial charge >= 0.3 is 0 Å². The smallest absolute Gasteiger partial charge is 0.200 e. The van der Waals surface area contributed by atoms with E-state index in [1.807, 2.05) is 0 Å². The third-order valence-electron chi connectivity index (χ3n) is 1.64. The van der Waals surface area contributed by atoms with E-state index in [2.05, 4.69) is 10.3 Å². The van der Waals surface area contributed by atoms with Crippen molar-refractivity contribution in [3.63, 3.8) is 0 Å². The van der Waals surface area contributed by atoms with Crippen LogP contribution in [-0.2, 0) is 0 Å². The van der Waals surface area contributed by atoms with E-state index in [1.165, 1.54) is 0 Å². The van der Waals surface area contributed by atoms with E-state index in [0.29, 0.717) is 0 Å². The third kappa shape index (κ3) is 0.874. The molecule has 0 aliphatic carbocycles. The van der Waals surface area contributed by atoms with Gasteiger partial charge in [-0.1, -0.05) is 0 Å². The topological polar surface area (TPSA) is 44.8 Å². The molecule has 1 aromatic rings. The van der Waals surface area contributed by atoms with Crippen molar-refractivity contribution in [2.75, 3.05) is 0 Å². The first kappa shape index (κ1) is 8.73. The first-order valence-corrected chi connectivity index (χ1v) is 3.29. The van der Waals surface area contributed by atoms with Crippen molar-refractivity contribution in [1.82, 2.24) is 0 Å². The Labute approximate surface area is 73.4 Å². The summed E-state index contributed by atoms with van der Waals surface area (Å²) in [4.78, 5) is 10.2. The highest BCUT2D eigenvalue weighted by atomic mass is 19.2. The molecule has 1 heterocycles. The van der Waals surface area contributed by atoms with Crippen LogP contribution in [0.5, 0.6) is 0 Å². The first-order valence-electron chi connectivity index (χ1n) is 3.29. The largest absolute Gasteiger partial charge is 0.299 e. The second-order valence-electron chi connectivity index (χ2n) is 2.42. The molecular weight excluding hydrogens is 206 g/mol. The van der Waals surface area contributed by atoms with Crippen LogP contribution >= 0.6 is 0 Å². The Hall–Kier alpha value is -1.86. The molecule has 0 atom stereocenters. The Morgan fingerprint density at radius 2 is 1.50 bits per heavy atom. The fourth-order valence-electron chi connectivity index (χ4n) is 1.00. The molecule has 4 nitrogen and oxygen atoms in total. The van der Waals surface area contributed by atoms with Gasteiger partial charge in [-0.15, -0.1) is 0 Å². The van der Waals surface area contributed by atoms with Crippen LogP contribution in [0.25, 0.3) is 0 Å². The summed E-state index contributed by atoms with van der Waals surface area (Å²) in [5, 5.41) is 5.56. The van der Waals surface area contributed by atoms with Crippen LogP contribution in [0.15, 0.2) is 10.3 Å². The summed E-state index contributed by atoms with van der Waals surface area (Å²) < 4.78 is 50.8. The molecule has 0 saturated heterocycles. The maximum absolute atomic E-state index is 12.9. The Kier molecular flexibility index (Phi) is 1.60. The van der Waals surface area contributed by atoms with Gasteiger partial charge in [0.25, 0.3) is 11.4 Å². The fourth-order valence-corrected chi connectivity index (χ4v) is 1.00. The van der Waals surface area contributed by atoms with E-state index in [1.54, 1.807) is 0 Å². The highest BCUT2D eigenvalue weighted by Gasteiger charge is 2.40. The van der Waals surface area contributed by atoms with Crippen LogP contribution in [0, 0.1) is 28.2 Å². The number of hydrogen-bond acceptors (Lipinski definition) is 2. The predicted octanol–water partition coefficient (Wildman–Crippen LogP) is 2.67. The van der Waals surface area contributed by atoms with Crippen LogP contribution in [-0.4, -0.2) is 4.87 Å². The van der Waals surface area contributed by atoms with E-state index < -0.39 is 39.5 Å². The molecule has 0 radical (unpaired) electrons. The monoisotopic (exact) mass is 206 g/mol. The van der Waals surface area contributed by atoms with Crippen molar-refractivity contribution in [2.24, 2.45) is 10.3 Å². The van der Waals surface area contributed by atoms with Gasteiger partial charge in [-0.25, -0.2) is 8.78 Å². The van der Waals surface area contributed by atoms with Gasteiger partial charge in [0.2, 0.25) is 23.3 Å². The fraction of sp³-hybridized carbons (Fsp3) is 0. The lowest BCUT2D eigenvalue weighted by molar-refractivity contribution is -0.471. The lowest BCUT2D eigenvalue weighted by atomic mass is 10.2. The van der Waals surface area contributed by atoms with Crippen molar-refractivity contribution in [3.8, 4) is 0 Å². The number of fused-ring (bicyclic) bond motifs is 1. The summed E-state index contributed by atoms with van der Waals surface area (Å²) in [6, 6.07) is 0. The molecule has 14 heavy (non-hydrogen) atoms. The van der Waals surface area contributed by atoms with Gasteiger partial charge in [0, 0.05) is 0 Å². The van der Waals surface area contributed by atoms with E-state index >= 15 is 0 Å². The number of nitroso groups, excluding NO2 is 1. The quantitative estimate of drug-likeness (QED) is 0.278. The molecule has 0 N–H and O–H groups in total. The summed E-state index contributed by atoms with van der Waals surface area (Å²) in [5.41, 5.74) is -1.99. The van der Waals surface area contributed by atoms with Gasteiger partial charge in [0.05, 0.1) is 5.11 Å². The van der Waals surface area contributed by atoms with E-state index in [-0.39, 0.29) is 0 Å². The Balaban J connectivity index is 2.89. The summed E-state index contributed by atoms with van der Waals surface area (Å²) >= 11 is 0. The molecule has 8 heteroatoms. The maximum Gasteiger partial charge on any atom is 0.299 e. The van der Waals surface area contributed by atoms with Crippen molar-refractivity contribution in [2.45, 2.75) is 0 Å². The van der Waals surface area contributed by atoms with Crippen LogP contribution in [0.2, 0.25) is 0 Å². The van der Waals surface area contributed by atoms with Gasteiger partial charge in [-0.05, 0) is 4.91 Å². The summed E-state index contributed by atoms with van der Waals surface area (Å²) in [6.45, 7) is 0. The highest BCUT2D eigenvalue weighted by Crippen LogP contribution is 2.40. The molecular formula is C6F4N3O+. The van der Waals surface area contributed by atoms with Crippen LogP contribution in [0.1, 0.15) is 0 Å². The van der Waals surface area contributed by atoms with Crippen molar-refractivity contribution < 1.29 is 22.4 Å². The number of hydrogen-bond donors (Lipinski definition) is 0. The second-order valence-corrected chi connectivity index (χ2v) is 2.42. The summed E-state index contributed by atoms with van der Waals surface area (Å²) in [5.74, 6) is -7.62. The predicted molar refractivity (Wildman–Crippen MR) is 34.1 cm³/mol. The molecule has 0 amide bonds. The number of benzene rings is 1. The molecule has 0 spiro atoms. The normalized spacial score (nSPS) is 13.6. The minimum absolute atomic E-state index is 0.420. The molecule has 0 unspecified atom stereocenters. The summed E-state index contributed by atoms with van der Waals surface area (Å²) in [6.07, 6.45) is 0. The van der Waals surface area contributed by atoms with Crippen molar-refractivity contribution in [1.29, 1.82) is 0 Å². The van der Waals surface area contributed by atoms with Gasteiger partial charge in [0.1, 0.15) is 4.87 Å². The molecule has 0 saturated carbocycles. The number of rotatable bonds is 0. The zero-order valence-electron chi connectivity index (χ0n) is 6.26. The average molecular weight is 206 g/mol. The zero-order chi connectivity index (χ0) is 10.5. The highest BCUT2D eigenvalue weighted by molar-refractivity contribution is 5.60. The van der Waals surface area contributed by atoms with Crippen LogP contribution in [0.3, 0.4) is 0 Å². The number of nitrogens with zero attached hydrogens (tertiary/aromatic N) is 3. The van der Waals surface area contributed by atoms with Gasteiger partial charge in [-0.2, -0.15) is 8.78 Å². The molecule has 1 aliphatic rings. The maximum atomic E-state index is 12.9. The molecule has 1 aromatic carbocycles. The molecule has 0 fully saturated rings. The Morgan fingerprint density at radius 1 is 0.929 bits per heavy atom. The van der Waals surface area contributed by atoms with Crippen molar-refractivity contribution >= 4 is 11.4 Å². The van der Waals surface area contributed by atoms with Crippen LogP contribution in [0.4, 0.5) is 28.9 Å². The Morgan fingerprint density at radius 3 is 2.14 bits per heavy atom. The van der Waals surface area contributed by atoms with Gasteiger partial charge < -0.3 is 0 Å². The van der Waals surface area contributed by atoms with Gasteiger partial charge in [0.15, 0.2) is 5.22 Å². The zero-order valence-corrected chi connectivity index (χ0v) is 6.26. The number of halogens is 4. The SMILES string of the molecule is O=[N+]1N=Nc2c(F)c(F)c(F)c(F)c21. The lowest BCUT2D eigenvalue weighted by Crippen LogP contribution is -1.99.